The molecule has 1 amide bonds. The Morgan fingerprint density at radius 2 is 2.04 bits per heavy atom. The molecular formula is C17H21N3O3. The van der Waals surface area contributed by atoms with Crippen LogP contribution in [0.1, 0.15) is 47.5 Å². The molecule has 1 aliphatic carbocycles. The van der Waals surface area contributed by atoms with E-state index in [-0.39, 0.29) is 18.1 Å². The SMILES string of the molecule is Cc1noc(C)c1C(=O)NC1CCC(Oc2ccccn2)CC1. The van der Waals surface area contributed by atoms with Crippen molar-refractivity contribution in [2.45, 2.75) is 51.7 Å². The van der Waals surface area contributed by atoms with Gasteiger partial charge in [-0.25, -0.2) is 4.98 Å². The molecular weight excluding hydrogens is 294 g/mol. The summed E-state index contributed by atoms with van der Waals surface area (Å²) >= 11 is 0. The fourth-order valence-corrected chi connectivity index (χ4v) is 2.98. The number of nitrogens with one attached hydrogen (secondary N) is 1. The highest BCUT2D eigenvalue weighted by Gasteiger charge is 2.26. The first kappa shape index (κ1) is 15.5. The van der Waals surface area contributed by atoms with Gasteiger partial charge in [-0.2, -0.15) is 0 Å². The molecule has 0 spiro atoms. The number of hydrogen-bond acceptors (Lipinski definition) is 5. The van der Waals surface area contributed by atoms with Crippen molar-refractivity contribution in [3.05, 3.63) is 41.4 Å². The maximum atomic E-state index is 12.3. The average molecular weight is 315 g/mol. The molecule has 23 heavy (non-hydrogen) atoms. The normalized spacial score (nSPS) is 21.0. The van der Waals surface area contributed by atoms with Gasteiger partial charge in [0.2, 0.25) is 5.88 Å². The van der Waals surface area contributed by atoms with Gasteiger partial charge in [-0.1, -0.05) is 11.2 Å². The summed E-state index contributed by atoms with van der Waals surface area (Å²) in [7, 11) is 0. The molecule has 0 atom stereocenters. The Morgan fingerprint density at radius 1 is 1.26 bits per heavy atom. The highest BCUT2D eigenvalue weighted by atomic mass is 16.5. The van der Waals surface area contributed by atoms with Gasteiger partial charge < -0.3 is 14.6 Å². The van der Waals surface area contributed by atoms with Crippen molar-refractivity contribution < 1.29 is 14.1 Å². The second-order valence-electron chi connectivity index (χ2n) is 5.93. The van der Waals surface area contributed by atoms with E-state index in [1.807, 2.05) is 18.2 Å². The van der Waals surface area contributed by atoms with Crippen molar-refractivity contribution >= 4 is 5.91 Å². The fourth-order valence-electron chi connectivity index (χ4n) is 2.98. The van der Waals surface area contributed by atoms with Gasteiger partial charge in [0.15, 0.2) is 0 Å². The monoisotopic (exact) mass is 315 g/mol. The van der Waals surface area contributed by atoms with E-state index in [4.69, 9.17) is 9.26 Å². The zero-order chi connectivity index (χ0) is 16.2. The third-order valence-electron chi connectivity index (χ3n) is 4.20. The molecule has 0 aliphatic heterocycles. The summed E-state index contributed by atoms with van der Waals surface area (Å²) in [5.41, 5.74) is 1.18. The summed E-state index contributed by atoms with van der Waals surface area (Å²) in [5.74, 6) is 1.12. The second kappa shape index (κ2) is 6.81. The van der Waals surface area contributed by atoms with E-state index >= 15 is 0 Å². The van der Waals surface area contributed by atoms with Gasteiger partial charge in [-0.15, -0.1) is 0 Å². The molecule has 122 valence electrons. The Kier molecular flexibility index (Phi) is 4.60. The maximum absolute atomic E-state index is 12.3. The molecule has 0 radical (unpaired) electrons. The minimum atomic E-state index is -0.102. The van der Waals surface area contributed by atoms with E-state index in [0.29, 0.717) is 22.9 Å². The Hall–Kier alpha value is -2.37. The average Bonchev–Trinajstić information content (AvgIpc) is 2.89. The topological polar surface area (TPSA) is 77.2 Å². The second-order valence-corrected chi connectivity index (χ2v) is 5.93. The molecule has 2 aromatic rings. The summed E-state index contributed by atoms with van der Waals surface area (Å²) in [4.78, 5) is 16.5. The van der Waals surface area contributed by atoms with Gasteiger partial charge in [0.05, 0.1) is 5.69 Å². The lowest BCUT2D eigenvalue weighted by Gasteiger charge is -2.29. The molecule has 1 fully saturated rings. The van der Waals surface area contributed by atoms with Crippen molar-refractivity contribution in [3.63, 3.8) is 0 Å². The summed E-state index contributed by atoms with van der Waals surface area (Å²) in [6.45, 7) is 3.54. The van der Waals surface area contributed by atoms with E-state index in [9.17, 15) is 4.79 Å². The van der Waals surface area contributed by atoms with Crippen LogP contribution < -0.4 is 10.1 Å². The van der Waals surface area contributed by atoms with Gasteiger partial charge in [-0.05, 0) is 45.6 Å². The van der Waals surface area contributed by atoms with Crippen LogP contribution in [0.2, 0.25) is 0 Å². The lowest BCUT2D eigenvalue weighted by Crippen LogP contribution is -2.40. The highest BCUT2D eigenvalue weighted by molar-refractivity contribution is 5.96. The van der Waals surface area contributed by atoms with Crippen molar-refractivity contribution in [1.29, 1.82) is 0 Å². The van der Waals surface area contributed by atoms with E-state index in [2.05, 4.69) is 15.5 Å². The molecule has 6 heteroatoms. The van der Waals surface area contributed by atoms with Crippen LogP contribution >= 0.6 is 0 Å². The Labute approximate surface area is 135 Å². The van der Waals surface area contributed by atoms with Crippen molar-refractivity contribution in [3.8, 4) is 5.88 Å². The summed E-state index contributed by atoms with van der Waals surface area (Å²) in [6.07, 6.45) is 5.49. The quantitative estimate of drug-likeness (QED) is 0.938. The number of carbonyl (C=O) groups is 1. The van der Waals surface area contributed by atoms with Crippen LogP contribution in [-0.4, -0.2) is 28.2 Å². The molecule has 1 aliphatic rings. The summed E-state index contributed by atoms with van der Waals surface area (Å²) in [5, 5.41) is 6.90. The van der Waals surface area contributed by atoms with Crippen LogP contribution in [0.5, 0.6) is 5.88 Å². The molecule has 1 N–H and O–H groups in total. The zero-order valence-corrected chi connectivity index (χ0v) is 13.4. The van der Waals surface area contributed by atoms with Crippen LogP contribution in [0, 0.1) is 13.8 Å². The van der Waals surface area contributed by atoms with Gasteiger partial charge in [0.1, 0.15) is 17.4 Å². The van der Waals surface area contributed by atoms with Crippen molar-refractivity contribution in [1.82, 2.24) is 15.5 Å². The lowest BCUT2D eigenvalue weighted by atomic mass is 9.92. The van der Waals surface area contributed by atoms with Crippen molar-refractivity contribution in [2.24, 2.45) is 0 Å². The number of amides is 1. The first-order chi connectivity index (χ1) is 11.1. The predicted molar refractivity (Wildman–Crippen MR) is 84.4 cm³/mol. The Balaban J connectivity index is 1.50. The van der Waals surface area contributed by atoms with E-state index in [1.165, 1.54) is 0 Å². The summed E-state index contributed by atoms with van der Waals surface area (Å²) < 4.78 is 10.9. The zero-order valence-electron chi connectivity index (χ0n) is 13.4. The minimum absolute atomic E-state index is 0.102. The Bertz CT molecular complexity index is 641. The predicted octanol–water partition coefficient (Wildman–Crippen LogP) is 2.81. The van der Waals surface area contributed by atoms with Crippen LogP contribution in [0.25, 0.3) is 0 Å². The lowest BCUT2D eigenvalue weighted by molar-refractivity contribution is 0.0888. The number of pyridine rings is 1. The standard InChI is InChI=1S/C17H21N3O3/c1-11-16(12(2)23-20-11)17(21)19-13-6-8-14(9-7-13)22-15-5-3-4-10-18-15/h3-5,10,13-14H,6-9H2,1-2H3,(H,19,21). The first-order valence-electron chi connectivity index (χ1n) is 7.95. The number of aromatic nitrogens is 2. The molecule has 0 saturated heterocycles. The van der Waals surface area contributed by atoms with E-state index < -0.39 is 0 Å². The third kappa shape index (κ3) is 3.70. The van der Waals surface area contributed by atoms with Gasteiger partial charge in [0, 0.05) is 18.3 Å². The molecule has 2 aromatic heterocycles. The van der Waals surface area contributed by atoms with E-state index in [0.717, 1.165) is 25.7 Å². The number of ether oxygens (including phenoxy) is 1. The molecule has 0 aromatic carbocycles. The molecule has 1 saturated carbocycles. The Morgan fingerprint density at radius 3 is 2.65 bits per heavy atom. The van der Waals surface area contributed by atoms with Crippen LogP contribution in [0.15, 0.2) is 28.9 Å². The molecule has 2 heterocycles. The highest BCUT2D eigenvalue weighted by Crippen LogP contribution is 2.23. The fraction of sp³-hybridized carbons (Fsp3) is 0.471. The number of carbonyl (C=O) groups excluding carboxylic acids is 1. The summed E-state index contributed by atoms with van der Waals surface area (Å²) in [6, 6.07) is 5.82. The maximum Gasteiger partial charge on any atom is 0.257 e. The number of nitrogens with zero attached hydrogens (tertiary/aromatic N) is 2. The molecule has 0 bridgehead atoms. The van der Waals surface area contributed by atoms with Crippen LogP contribution in [-0.2, 0) is 0 Å². The minimum Gasteiger partial charge on any atom is -0.474 e. The first-order valence-corrected chi connectivity index (χ1v) is 7.95. The third-order valence-corrected chi connectivity index (χ3v) is 4.20. The van der Waals surface area contributed by atoms with Crippen LogP contribution in [0.3, 0.4) is 0 Å². The van der Waals surface area contributed by atoms with Gasteiger partial charge in [-0.3, -0.25) is 4.79 Å². The molecule has 0 unspecified atom stereocenters. The number of hydrogen-bond donors (Lipinski definition) is 1. The van der Waals surface area contributed by atoms with Crippen molar-refractivity contribution in [2.75, 3.05) is 0 Å². The number of aryl methyl sites for hydroxylation is 2. The number of rotatable bonds is 4. The van der Waals surface area contributed by atoms with E-state index in [1.54, 1.807) is 20.0 Å². The smallest absolute Gasteiger partial charge is 0.257 e. The molecule has 6 nitrogen and oxygen atoms in total. The largest absolute Gasteiger partial charge is 0.474 e. The molecule has 3 rings (SSSR count). The van der Waals surface area contributed by atoms with Gasteiger partial charge >= 0.3 is 0 Å². The van der Waals surface area contributed by atoms with Gasteiger partial charge in [0.25, 0.3) is 5.91 Å². The van der Waals surface area contributed by atoms with Crippen LogP contribution in [0.4, 0.5) is 0 Å².